The molecule has 0 spiro atoms. The lowest BCUT2D eigenvalue weighted by Crippen LogP contribution is -2.31. The first-order valence-electron chi connectivity index (χ1n) is 9.03. The summed E-state index contributed by atoms with van der Waals surface area (Å²) in [5, 5.41) is 5.33. The fourth-order valence-electron chi connectivity index (χ4n) is 1.87. The quantitative estimate of drug-likeness (QED) is 0.317. The van der Waals surface area contributed by atoms with E-state index in [-0.39, 0.29) is 6.03 Å². The molecule has 0 saturated carbocycles. The normalized spacial score (nSPS) is 10.4. The van der Waals surface area contributed by atoms with E-state index in [2.05, 4.69) is 21.5 Å². The van der Waals surface area contributed by atoms with E-state index in [9.17, 15) is 4.79 Å². The van der Waals surface area contributed by atoms with Crippen molar-refractivity contribution in [3.8, 4) is 12.3 Å². The molecule has 1 rings (SSSR count). The van der Waals surface area contributed by atoms with Crippen LogP contribution in [0.5, 0.6) is 0 Å². The lowest BCUT2D eigenvalue weighted by molar-refractivity contribution is -0.00737. The number of rotatable bonds is 16. The molecule has 0 aliphatic heterocycles. The first kappa shape index (κ1) is 23.8. The van der Waals surface area contributed by atoms with E-state index in [1.54, 1.807) is 19.2 Å². The van der Waals surface area contributed by atoms with Crippen LogP contribution in [-0.4, -0.2) is 84.1 Å². The molecular weight excluding hydrogens is 366 g/mol. The highest BCUT2D eigenvalue weighted by Crippen LogP contribution is 2.04. The second kappa shape index (κ2) is 16.9. The van der Waals surface area contributed by atoms with E-state index in [4.69, 9.17) is 30.1 Å². The first-order chi connectivity index (χ1) is 13.8. The van der Waals surface area contributed by atoms with Crippen molar-refractivity contribution in [2.24, 2.45) is 0 Å². The van der Waals surface area contributed by atoms with E-state index in [1.807, 2.05) is 0 Å². The zero-order chi connectivity index (χ0) is 20.3. The summed E-state index contributed by atoms with van der Waals surface area (Å²) in [6.07, 6.45) is 6.72. The summed E-state index contributed by atoms with van der Waals surface area (Å²) in [4.78, 5) is 15.7. The van der Waals surface area contributed by atoms with Gasteiger partial charge in [0, 0.05) is 13.7 Å². The zero-order valence-corrected chi connectivity index (χ0v) is 16.3. The van der Waals surface area contributed by atoms with Gasteiger partial charge in [0.2, 0.25) is 0 Å². The number of aromatic nitrogens is 1. The Balaban J connectivity index is 1.84. The SMILES string of the molecule is C#Cc1ccc(NC(=O)NCCOCCOCCOCCOCCOC)cn1. The topological polar surface area (TPSA) is 100 Å². The Labute approximate surface area is 166 Å². The summed E-state index contributed by atoms with van der Waals surface area (Å²) >= 11 is 0. The number of ether oxygens (including phenoxy) is 5. The van der Waals surface area contributed by atoms with Gasteiger partial charge in [0.25, 0.3) is 0 Å². The third kappa shape index (κ3) is 13.0. The molecule has 9 nitrogen and oxygen atoms in total. The largest absolute Gasteiger partial charge is 0.382 e. The van der Waals surface area contributed by atoms with Gasteiger partial charge in [0.1, 0.15) is 5.69 Å². The molecule has 0 aliphatic rings. The molecule has 0 aliphatic carbocycles. The molecule has 1 heterocycles. The van der Waals surface area contributed by atoms with Crippen LogP contribution in [0, 0.1) is 12.3 Å². The predicted octanol–water partition coefficient (Wildman–Crippen LogP) is 0.897. The zero-order valence-electron chi connectivity index (χ0n) is 16.3. The van der Waals surface area contributed by atoms with Gasteiger partial charge in [-0.05, 0) is 12.1 Å². The van der Waals surface area contributed by atoms with E-state index in [0.717, 1.165) is 0 Å². The predicted molar refractivity (Wildman–Crippen MR) is 104 cm³/mol. The molecule has 28 heavy (non-hydrogen) atoms. The smallest absolute Gasteiger partial charge is 0.319 e. The Bertz CT molecular complexity index is 562. The molecule has 0 unspecified atom stereocenters. The maximum absolute atomic E-state index is 11.7. The molecule has 1 aromatic rings. The summed E-state index contributed by atoms with van der Waals surface area (Å²) < 4.78 is 26.2. The molecule has 9 heteroatoms. The summed E-state index contributed by atoms with van der Waals surface area (Å²) in [5.74, 6) is 2.41. The van der Waals surface area contributed by atoms with Crippen molar-refractivity contribution in [2.45, 2.75) is 0 Å². The van der Waals surface area contributed by atoms with Crippen molar-refractivity contribution in [3.05, 3.63) is 24.0 Å². The van der Waals surface area contributed by atoms with Gasteiger partial charge >= 0.3 is 6.03 Å². The van der Waals surface area contributed by atoms with Gasteiger partial charge in [-0.1, -0.05) is 5.92 Å². The third-order valence-electron chi connectivity index (χ3n) is 3.25. The van der Waals surface area contributed by atoms with Gasteiger partial charge in [-0.15, -0.1) is 6.42 Å². The van der Waals surface area contributed by atoms with Crippen LogP contribution in [0.3, 0.4) is 0 Å². The van der Waals surface area contributed by atoms with Crippen LogP contribution in [0.15, 0.2) is 18.3 Å². The highest BCUT2D eigenvalue weighted by atomic mass is 16.6. The molecule has 0 fully saturated rings. The van der Waals surface area contributed by atoms with Gasteiger partial charge in [-0.25, -0.2) is 9.78 Å². The van der Waals surface area contributed by atoms with Crippen molar-refractivity contribution in [1.29, 1.82) is 0 Å². The Morgan fingerprint density at radius 2 is 1.54 bits per heavy atom. The van der Waals surface area contributed by atoms with Crippen LogP contribution in [-0.2, 0) is 23.7 Å². The third-order valence-corrected chi connectivity index (χ3v) is 3.25. The minimum atomic E-state index is -0.335. The number of nitrogens with zero attached hydrogens (tertiary/aromatic N) is 1. The minimum absolute atomic E-state index is 0.335. The fraction of sp³-hybridized carbons (Fsp3) is 0.579. The maximum Gasteiger partial charge on any atom is 0.319 e. The van der Waals surface area contributed by atoms with E-state index in [1.165, 1.54) is 6.20 Å². The van der Waals surface area contributed by atoms with Crippen LogP contribution in [0.4, 0.5) is 10.5 Å². The molecule has 0 aromatic carbocycles. The Morgan fingerprint density at radius 1 is 0.964 bits per heavy atom. The van der Waals surface area contributed by atoms with E-state index in [0.29, 0.717) is 77.4 Å². The highest BCUT2D eigenvalue weighted by Gasteiger charge is 2.01. The number of carbonyl (C=O) groups excluding carboxylic acids is 1. The first-order valence-corrected chi connectivity index (χ1v) is 9.03. The van der Waals surface area contributed by atoms with Crippen LogP contribution in [0.25, 0.3) is 0 Å². The van der Waals surface area contributed by atoms with Crippen LogP contribution >= 0.6 is 0 Å². The highest BCUT2D eigenvalue weighted by molar-refractivity contribution is 5.88. The summed E-state index contributed by atoms with van der Waals surface area (Å²) in [6, 6.07) is 3.01. The van der Waals surface area contributed by atoms with Crippen molar-refractivity contribution in [2.75, 3.05) is 78.4 Å². The number of nitrogens with one attached hydrogen (secondary N) is 2. The van der Waals surface area contributed by atoms with Crippen molar-refractivity contribution < 1.29 is 28.5 Å². The molecule has 0 atom stereocenters. The molecule has 0 bridgehead atoms. The number of hydrogen-bond acceptors (Lipinski definition) is 7. The van der Waals surface area contributed by atoms with Crippen molar-refractivity contribution in [3.63, 3.8) is 0 Å². The molecule has 1 aromatic heterocycles. The average molecular weight is 395 g/mol. The van der Waals surface area contributed by atoms with Crippen molar-refractivity contribution >= 4 is 11.7 Å². The number of urea groups is 1. The van der Waals surface area contributed by atoms with Gasteiger partial charge in [-0.2, -0.15) is 0 Å². The molecule has 156 valence electrons. The number of terminal acetylenes is 1. The van der Waals surface area contributed by atoms with E-state index >= 15 is 0 Å². The number of amides is 2. The lowest BCUT2D eigenvalue weighted by atomic mass is 10.3. The molecule has 0 saturated heterocycles. The number of carbonyl (C=O) groups is 1. The number of anilines is 1. The second-order valence-corrected chi connectivity index (χ2v) is 5.40. The Morgan fingerprint density at radius 3 is 2.04 bits per heavy atom. The maximum atomic E-state index is 11.7. The second-order valence-electron chi connectivity index (χ2n) is 5.40. The Hall–Kier alpha value is -2.22. The van der Waals surface area contributed by atoms with Gasteiger partial charge in [-0.3, -0.25) is 0 Å². The van der Waals surface area contributed by atoms with Gasteiger partial charge < -0.3 is 34.3 Å². The standard InChI is InChI=1S/C19H29N3O6/c1-3-17-4-5-18(16-21-17)22-19(23)20-6-7-25-10-11-27-14-15-28-13-12-26-9-8-24-2/h1,4-5,16H,6-15H2,2H3,(H2,20,22,23). The van der Waals surface area contributed by atoms with Gasteiger partial charge in [0.15, 0.2) is 0 Å². The van der Waals surface area contributed by atoms with Crippen molar-refractivity contribution in [1.82, 2.24) is 10.3 Å². The van der Waals surface area contributed by atoms with Gasteiger partial charge in [0.05, 0.1) is 71.3 Å². The minimum Gasteiger partial charge on any atom is -0.382 e. The number of methoxy groups -OCH3 is 1. The number of pyridine rings is 1. The molecule has 0 radical (unpaired) electrons. The lowest BCUT2D eigenvalue weighted by Gasteiger charge is -2.09. The summed E-state index contributed by atoms with van der Waals surface area (Å²) in [6.45, 7) is 4.91. The average Bonchev–Trinajstić information content (AvgIpc) is 2.71. The monoisotopic (exact) mass is 395 g/mol. The Kier molecular flexibility index (Phi) is 14.4. The van der Waals surface area contributed by atoms with Crippen LogP contribution in [0.2, 0.25) is 0 Å². The molecular formula is C19H29N3O6. The fourth-order valence-corrected chi connectivity index (χ4v) is 1.87. The number of hydrogen-bond donors (Lipinski definition) is 2. The molecule has 2 amide bonds. The summed E-state index contributed by atoms with van der Waals surface area (Å²) in [7, 11) is 1.63. The van der Waals surface area contributed by atoms with Crippen LogP contribution in [0.1, 0.15) is 5.69 Å². The molecule has 2 N–H and O–H groups in total. The van der Waals surface area contributed by atoms with E-state index < -0.39 is 0 Å². The summed E-state index contributed by atoms with van der Waals surface area (Å²) in [5.41, 5.74) is 1.08. The van der Waals surface area contributed by atoms with Crippen LogP contribution < -0.4 is 10.6 Å².